The minimum absolute atomic E-state index is 0.0307. The van der Waals surface area contributed by atoms with Gasteiger partial charge in [0.15, 0.2) is 11.6 Å². The molecule has 3 fully saturated rings. The number of hydrogen-bond acceptors (Lipinski definition) is 10. The van der Waals surface area contributed by atoms with Gasteiger partial charge in [-0.2, -0.15) is 4.98 Å². The van der Waals surface area contributed by atoms with Crippen molar-refractivity contribution in [3.63, 3.8) is 0 Å². The number of nitrogens with zero attached hydrogens (tertiary/aromatic N) is 7. The Morgan fingerprint density at radius 2 is 1.84 bits per heavy atom. The first-order chi connectivity index (χ1) is 18.1. The molecule has 208 valence electrons. The predicted octanol–water partition coefficient (Wildman–Crippen LogP) is 2.44. The lowest BCUT2D eigenvalue weighted by molar-refractivity contribution is -0.150. The Kier molecular flexibility index (Phi) is 7.38. The molecule has 0 spiro atoms. The second-order valence-corrected chi connectivity index (χ2v) is 11.0. The van der Waals surface area contributed by atoms with Crippen molar-refractivity contribution in [3.8, 4) is 5.75 Å². The van der Waals surface area contributed by atoms with Gasteiger partial charge in [-0.15, -0.1) is 0 Å². The van der Waals surface area contributed by atoms with Gasteiger partial charge in [-0.05, 0) is 25.7 Å². The molecule has 5 rings (SSSR count). The van der Waals surface area contributed by atoms with Gasteiger partial charge in [0.05, 0.1) is 31.1 Å². The molecule has 11 nitrogen and oxygen atoms in total. The topological polar surface area (TPSA) is 127 Å². The number of alkyl halides is 2. The first-order valence-corrected chi connectivity index (χ1v) is 13.3. The quantitative estimate of drug-likeness (QED) is 0.566. The van der Waals surface area contributed by atoms with E-state index in [1.807, 2.05) is 25.7 Å². The molecule has 0 aromatic carbocycles. The molecule has 0 saturated carbocycles. The Hall–Kier alpha value is -3.09. The Morgan fingerprint density at radius 1 is 1.13 bits per heavy atom. The summed E-state index contributed by atoms with van der Waals surface area (Å²) in [4.78, 5) is 30.9. The number of rotatable bonds is 7. The van der Waals surface area contributed by atoms with E-state index in [1.165, 1.54) is 4.90 Å². The number of aromatic nitrogens is 4. The van der Waals surface area contributed by atoms with Crippen molar-refractivity contribution in [2.24, 2.45) is 11.7 Å². The van der Waals surface area contributed by atoms with Crippen LogP contribution < -0.4 is 20.3 Å². The second-order valence-electron chi connectivity index (χ2n) is 11.0. The van der Waals surface area contributed by atoms with Crippen LogP contribution in [0.1, 0.15) is 58.2 Å². The Bertz CT molecular complexity index is 1110. The van der Waals surface area contributed by atoms with Gasteiger partial charge in [0, 0.05) is 51.0 Å². The lowest BCUT2D eigenvalue weighted by Gasteiger charge is -2.37. The Labute approximate surface area is 220 Å². The van der Waals surface area contributed by atoms with E-state index in [9.17, 15) is 13.6 Å². The third-order valence-corrected chi connectivity index (χ3v) is 7.80. The van der Waals surface area contributed by atoms with E-state index in [2.05, 4.69) is 25.0 Å². The van der Waals surface area contributed by atoms with Crippen LogP contribution in [-0.2, 0) is 4.79 Å². The number of halogens is 2. The highest BCUT2D eigenvalue weighted by atomic mass is 19.3. The SMILES string of the molecule is CC(C)c1noc(N2CCC(C(C)Oc3cnc(N4CC(N)C(N5CC(F)(F)CCC5=O)C4)nc3)CC2)n1. The van der Waals surface area contributed by atoms with Crippen molar-refractivity contribution in [1.29, 1.82) is 0 Å². The van der Waals surface area contributed by atoms with Crippen LogP contribution in [0.15, 0.2) is 16.9 Å². The summed E-state index contributed by atoms with van der Waals surface area (Å²) < 4.78 is 39.4. The number of likely N-dealkylation sites (tertiary alicyclic amines) is 1. The van der Waals surface area contributed by atoms with Gasteiger partial charge in [0.1, 0.15) is 0 Å². The minimum atomic E-state index is -2.88. The van der Waals surface area contributed by atoms with Crippen LogP contribution in [0.2, 0.25) is 0 Å². The van der Waals surface area contributed by atoms with Crippen LogP contribution in [0.3, 0.4) is 0 Å². The zero-order chi connectivity index (χ0) is 27.0. The number of amides is 1. The molecule has 2 aromatic heterocycles. The molecule has 5 heterocycles. The van der Waals surface area contributed by atoms with Crippen LogP contribution in [0.5, 0.6) is 5.75 Å². The summed E-state index contributed by atoms with van der Waals surface area (Å²) in [5.74, 6) is -0.858. The van der Waals surface area contributed by atoms with Gasteiger partial charge < -0.3 is 29.7 Å². The summed E-state index contributed by atoms with van der Waals surface area (Å²) in [6, 6.07) is -0.377. The first-order valence-electron chi connectivity index (χ1n) is 13.3. The number of nitrogens with two attached hydrogens (primary N) is 1. The molecule has 0 aliphatic carbocycles. The number of carbonyl (C=O) groups excluding carboxylic acids is 1. The lowest BCUT2D eigenvalue weighted by atomic mass is 9.92. The Morgan fingerprint density at radius 3 is 2.50 bits per heavy atom. The van der Waals surface area contributed by atoms with Gasteiger partial charge in [0.25, 0.3) is 5.92 Å². The summed E-state index contributed by atoms with van der Waals surface area (Å²) in [5, 5.41) is 4.05. The van der Waals surface area contributed by atoms with E-state index in [4.69, 9.17) is 15.0 Å². The molecule has 1 amide bonds. The lowest BCUT2D eigenvalue weighted by Crippen LogP contribution is -2.56. The van der Waals surface area contributed by atoms with Crippen molar-refractivity contribution in [3.05, 3.63) is 18.2 Å². The molecule has 3 aliphatic heterocycles. The molecular formula is C25H36F2N8O3. The monoisotopic (exact) mass is 534 g/mol. The van der Waals surface area contributed by atoms with Gasteiger partial charge in [-0.3, -0.25) is 4.79 Å². The van der Waals surface area contributed by atoms with Crippen molar-refractivity contribution in [2.75, 3.05) is 42.5 Å². The number of piperidine rings is 2. The number of hydrogen-bond donors (Lipinski definition) is 1. The van der Waals surface area contributed by atoms with Crippen molar-refractivity contribution >= 4 is 17.9 Å². The maximum atomic E-state index is 13.9. The predicted molar refractivity (Wildman–Crippen MR) is 135 cm³/mol. The molecule has 2 aromatic rings. The number of ether oxygens (including phenoxy) is 1. The zero-order valence-electron chi connectivity index (χ0n) is 22.1. The molecule has 2 N–H and O–H groups in total. The molecule has 0 radical (unpaired) electrons. The molecule has 0 bridgehead atoms. The minimum Gasteiger partial charge on any atom is -0.487 e. The van der Waals surface area contributed by atoms with E-state index >= 15 is 0 Å². The first kappa shape index (κ1) is 26.5. The molecule has 3 aliphatic rings. The van der Waals surface area contributed by atoms with E-state index in [0.29, 0.717) is 36.7 Å². The summed E-state index contributed by atoms with van der Waals surface area (Å²) in [6.45, 7) is 7.86. The fourth-order valence-corrected chi connectivity index (χ4v) is 5.45. The molecular weight excluding hydrogens is 498 g/mol. The smallest absolute Gasteiger partial charge is 0.324 e. The highest BCUT2D eigenvalue weighted by Gasteiger charge is 2.45. The maximum Gasteiger partial charge on any atom is 0.324 e. The van der Waals surface area contributed by atoms with Crippen LogP contribution in [0.25, 0.3) is 0 Å². The van der Waals surface area contributed by atoms with E-state index in [-0.39, 0.29) is 24.3 Å². The molecule has 3 saturated heterocycles. The molecule has 3 atom stereocenters. The standard InChI is InChI=1S/C25H36F2N8O3/c1-15(2)22-31-24(38-32-22)33-8-5-17(6-9-33)16(3)37-18-10-29-23(30-11-18)34-12-19(28)20(13-34)35-14-25(26,27)7-4-21(35)36/h10-11,15-17,19-20H,4-9,12-14,28H2,1-3H3. The van der Waals surface area contributed by atoms with E-state index in [0.717, 1.165) is 31.8 Å². The maximum absolute atomic E-state index is 13.9. The summed E-state index contributed by atoms with van der Waals surface area (Å²) in [6.07, 6.45) is 4.51. The van der Waals surface area contributed by atoms with Crippen LogP contribution in [-0.4, -0.2) is 87.7 Å². The molecule has 13 heteroatoms. The van der Waals surface area contributed by atoms with Crippen LogP contribution in [0, 0.1) is 5.92 Å². The average Bonchev–Trinajstić information content (AvgIpc) is 3.54. The fourth-order valence-electron chi connectivity index (χ4n) is 5.45. The summed E-state index contributed by atoms with van der Waals surface area (Å²) in [5.41, 5.74) is 6.25. The van der Waals surface area contributed by atoms with Crippen molar-refractivity contribution in [2.45, 2.75) is 76.5 Å². The van der Waals surface area contributed by atoms with Crippen molar-refractivity contribution < 1.29 is 22.8 Å². The van der Waals surface area contributed by atoms with E-state index in [1.54, 1.807) is 12.4 Å². The molecule has 38 heavy (non-hydrogen) atoms. The molecule has 3 unspecified atom stereocenters. The second kappa shape index (κ2) is 10.6. The third kappa shape index (κ3) is 5.67. The summed E-state index contributed by atoms with van der Waals surface area (Å²) in [7, 11) is 0. The summed E-state index contributed by atoms with van der Waals surface area (Å²) >= 11 is 0. The number of anilines is 2. The van der Waals surface area contributed by atoms with Gasteiger partial charge >= 0.3 is 6.01 Å². The highest BCUT2D eigenvalue weighted by Crippen LogP contribution is 2.32. The van der Waals surface area contributed by atoms with Gasteiger partial charge in [0.2, 0.25) is 11.9 Å². The fraction of sp³-hybridized carbons (Fsp3) is 0.720. The average molecular weight is 535 g/mol. The highest BCUT2D eigenvalue weighted by molar-refractivity contribution is 5.78. The van der Waals surface area contributed by atoms with Crippen LogP contribution in [0.4, 0.5) is 20.7 Å². The van der Waals surface area contributed by atoms with Crippen LogP contribution >= 0.6 is 0 Å². The normalized spacial score (nSPS) is 25.3. The van der Waals surface area contributed by atoms with Crippen molar-refractivity contribution in [1.82, 2.24) is 25.0 Å². The van der Waals surface area contributed by atoms with Gasteiger partial charge in [-0.1, -0.05) is 19.0 Å². The number of carbonyl (C=O) groups is 1. The largest absolute Gasteiger partial charge is 0.487 e. The zero-order valence-corrected chi connectivity index (χ0v) is 22.1. The van der Waals surface area contributed by atoms with E-state index < -0.39 is 31.0 Å². The van der Waals surface area contributed by atoms with Gasteiger partial charge in [-0.25, -0.2) is 18.7 Å². The Balaban J connectivity index is 1.13. The third-order valence-electron chi connectivity index (χ3n) is 7.80.